The highest BCUT2D eigenvalue weighted by Gasteiger charge is 2.36. The fraction of sp³-hybridized carbons (Fsp3) is 0.444. The van der Waals surface area contributed by atoms with Gasteiger partial charge in [-0.15, -0.1) is 0 Å². The molecule has 7 heteroatoms. The molecule has 3 aromatic rings. The van der Waals surface area contributed by atoms with E-state index in [1.165, 1.54) is 5.56 Å². The maximum Gasteiger partial charge on any atom is 0.246 e. The Morgan fingerprint density at radius 3 is 2.82 bits per heavy atom. The summed E-state index contributed by atoms with van der Waals surface area (Å²) in [5, 5.41) is 0. The molecule has 3 aliphatic rings. The number of carbonyl (C=O) groups is 2. The Balaban J connectivity index is 1.29. The van der Waals surface area contributed by atoms with Crippen molar-refractivity contribution in [3.05, 3.63) is 59.9 Å². The fourth-order valence-electron chi connectivity index (χ4n) is 5.74. The molecule has 2 aromatic carbocycles. The summed E-state index contributed by atoms with van der Waals surface area (Å²) < 4.78 is 7.80. The summed E-state index contributed by atoms with van der Waals surface area (Å²) in [6.07, 6.45) is 4.62. The van der Waals surface area contributed by atoms with E-state index >= 15 is 0 Å². The van der Waals surface area contributed by atoms with Crippen molar-refractivity contribution in [3.63, 3.8) is 0 Å². The molecule has 1 aromatic heterocycles. The molecule has 0 bridgehead atoms. The maximum atomic E-state index is 13.6. The average molecular weight is 459 g/mol. The predicted molar refractivity (Wildman–Crippen MR) is 130 cm³/mol. The van der Waals surface area contributed by atoms with Gasteiger partial charge in [-0.1, -0.05) is 30.3 Å². The van der Waals surface area contributed by atoms with Crippen molar-refractivity contribution >= 4 is 28.5 Å². The summed E-state index contributed by atoms with van der Waals surface area (Å²) in [5.41, 5.74) is 4.06. The molecular formula is C27H30N4O3. The van der Waals surface area contributed by atoms with Gasteiger partial charge in [-0.05, 0) is 49.4 Å². The zero-order valence-electron chi connectivity index (χ0n) is 19.4. The largest absolute Gasteiger partial charge is 0.376 e. The SMILES string of the molecule is O=C1CC(c2nc3ccccc3n2CC(=O)N2CCCc3ccccc32)CN1CC1CCCO1. The van der Waals surface area contributed by atoms with Crippen molar-refractivity contribution in [2.24, 2.45) is 0 Å². The number of hydrogen-bond donors (Lipinski definition) is 0. The number of likely N-dealkylation sites (tertiary alicyclic amines) is 1. The van der Waals surface area contributed by atoms with E-state index in [0.717, 1.165) is 61.4 Å². The Hall–Kier alpha value is -3.19. The van der Waals surface area contributed by atoms with E-state index in [1.807, 2.05) is 56.8 Å². The van der Waals surface area contributed by atoms with Crippen molar-refractivity contribution in [3.8, 4) is 0 Å². The monoisotopic (exact) mass is 458 g/mol. The molecule has 2 atom stereocenters. The van der Waals surface area contributed by atoms with Gasteiger partial charge in [0.1, 0.15) is 12.4 Å². The average Bonchev–Trinajstić information content (AvgIpc) is 3.59. The van der Waals surface area contributed by atoms with Crippen molar-refractivity contribution in [2.45, 2.75) is 50.7 Å². The van der Waals surface area contributed by atoms with Crippen molar-refractivity contribution < 1.29 is 14.3 Å². The molecule has 0 spiro atoms. The number of rotatable bonds is 5. The van der Waals surface area contributed by atoms with Gasteiger partial charge in [0, 0.05) is 44.3 Å². The van der Waals surface area contributed by atoms with E-state index in [4.69, 9.17) is 9.72 Å². The number of para-hydroxylation sites is 3. The summed E-state index contributed by atoms with van der Waals surface area (Å²) in [4.78, 5) is 35.2. The number of hydrogen-bond acceptors (Lipinski definition) is 4. The van der Waals surface area contributed by atoms with Gasteiger partial charge in [0.05, 0.1) is 17.1 Å². The lowest BCUT2D eigenvalue weighted by Crippen LogP contribution is -2.38. The maximum absolute atomic E-state index is 13.6. The zero-order valence-corrected chi connectivity index (χ0v) is 19.4. The zero-order chi connectivity index (χ0) is 23.1. The first-order chi connectivity index (χ1) is 16.7. The summed E-state index contributed by atoms with van der Waals surface area (Å²) in [6.45, 7) is 3.02. The van der Waals surface area contributed by atoms with Gasteiger partial charge in [-0.2, -0.15) is 0 Å². The molecule has 4 heterocycles. The van der Waals surface area contributed by atoms with Gasteiger partial charge < -0.3 is 19.1 Å². The molecule has 2 saturated heterocycles. The van der Waals surface area contributed by atoms with Crippen LogP contribution in [0, 0.1) is 0 Å². The van der Waals surface area contributed by atoms with Crippen LogP contribution in [0.4, 0.5) is 5.69 Å². The lowest BCUT2D eigenvalue weighted by Gasteiger charge is -2.30. The highest BCUT2D eigenvalue weighted by Crippen LogP contribution is 2.32. The van der Waals surface area contributed by atoms with Crippen LogP contribution in [0.5, 0.6) is 0 Å². The third-order valence-corrected chi connectivity index (χ3v) is 7.42. The van der Waals surface area contributed by atoms with E-state index in [-0.39, 0.29) is 30.4 Å². The van der Waals surface area contributed by atoms with Crippen molar-refractivity contribution in [1.29, 1.82) is 0 Å². The Morgan fingerprint density at radius 1 is 1.09 bits per heavy atom. The minimum atomic E-state index is -0.0252. The molecule has 3 aliphatic heterocycles. The van der Waals surface area contributed by atoms with E-state index in [0.29, 0.717) is 19.5 Å². The predicted octanol–water partition coefficient (Wildman–Crippen LogP) is 3.51. The van der Waals surface area contributed by atoms with Crippen LogP contribution in [-0.4, -0.2) is 58.6 Å². The van der Waals surface area contributed by atoms with Crippen LogP contribution < -0.4 is 4.90 Å². The second-order valence-electron chi connectivity index (χ2n) is 9.66. The molecule has 6 rings (SSSR count). The number of imidazole rings is 1. The summed E-state index contributed by atoms with van der Waals surface area (Å²) in [7, 11) is 0. The number of carbonyl (C=O) groups excluding carboxylic acids is 2. The summed E-state index contributed by atoms with van der Waals surface area (Å²) in [5.74, 6) is 1.03. The van der Waals surface area contributed by atoms with Crippen molar-refractivity contribution in [2.75, 3.05) is 31.1 Å². The molecule has 0 saturated carbocycles. The third-order valence-electron chi connectivity index (χ3n) is 7.42. The molecule has 0 radical (unpaired) electrons. The van der Waals surface area contributed by atoms with Crippen LogP contribution in [0.3, 0.4) is 0 Å². The first-order valence-electron chi connectivity index (χ1n) is 12.4. The molecular weight excluding hydrogens is 428 g/mol. The number of nitrogens with zero attached hydrogens (tertiary/aromatic N) is 4. The van der Waals surface area contributed by atoms with Crippen molar-refractivity contribution in [1.82, 2.24) is 14.5 Å². The Labute approximate surface area is 199 Å². The fourth-order valence-corrected chi connectivity index (χ4v) is 5.74. The Morgan fingerprint density at radius 2 is 1.94 bits per heavy atom. The quantitative estimate of drug-likeness (QED) is 0.587. The van der Waals surface area contributed by atoms with Gasteiger partial charge in [0.2, 0.25) is 11.8 Å². The van der Waals surface area contributed by atoms with Crippen LogP contribution in [0.2, 0.25) is 0 Å². The number of benzene rings is 2. The molecule has 2 fully saturated rings. The number of aromatic nitrogens is 2. The number of aryl methyl sites for hydroxylation is 1. The van der Waals surface area contributed by atoms with Crippen LogP contribution in [0.1, 0.15) is 43.0 Å². The molecule has 2 amide bonds. The Kier molecular flexibility index (Phi) is 5.57. The number of anilines is 1. The lowest BCUT2D eigenvalue weighted by molar-refractivity contribution is -0.129. The first-order valence-corrected chi connectivity index (χ1v) is 12.4. The molecule has 34 heavy (non-hydrogen) atoms. The highest BCUT2D eigenvalue weighted by atomic mass is 16.5. The van der Waals surface area contributed by atoms with Gasteiger partial charge in [-0.25, -0.2) is 4.98 Å². The van der Waals surface area contributed by atoms with E-state index in [9.17, 15) is 9.59 Å². The van der Waals surface area contributed by atoms with E-state index in [2.05, 4.69) is 6.07 Å². The van der Waals surface area contributed by atoms with Gasteiger partial charge in [-0.3, -0.25) is 9.59 Å². The molecule has 2 unspecified atom stereocenters. The summed E-state index contributed by atoms with van der Waals surface area (Å²) in [6, 6.07) is 16.1. The standard InChI is InChI=1S/C27H30N4O3/c32-25-15-20(16-29(25)17-21-9-6-14-34-21)27-28-22-10-2-4-12-24(22)31(27)18-26(33)30-13-5-8-19-7-1-3-11-23(19)30/h1-4,7,10-12,20-21H,5-6,8-9,13-18H2. The molecule has 7 nitrogen and oxygen atoms in total. The minimum absolute atomic E-state index is 0.0252. The topological polar surface area (TPSA) is 67.7 Å². The number of fused-ring (bicyclic) bond motifs is 2. The molecule has 176 valence electrons. The highest BCUT2D eigenvalue weighted by molar-refractivity contribution is 5.95. The van der Waals surface area contributed by atoms with Crippen LogP contribution in [-0.2, 0) is 27.3 Å². The van der Waals surface area contributed by atoms with Gasteiger partial charge in [0.25, 0.3) is 0 Å². The lowest BCUT2D eigenvalue weighted by atomic mass is 10.0. The first kappa shape index (κ1) is 21.4. The van der Waals surface area contributed by atoms with Crippen LogP contribution in [0.15, 0.2) is 48.5 Å². The van der Waals surface area contributed by atoms with Gasteiger partial charge in [0.15, 0.2) is 0 Å². The van der Waals surface area contributed by atoms with E-state index < -0.39 is 0 Å². The number of ether oxygens (including phenoxy) is 1. The molecule has 0 N–H and O–H groups in total. The Bertz CT molecular complexity index is 1230. The van der Waals surface area contributed by atoms with Crippen LogP contribution in [0.25, 0.3) is 11.0 Å². The normalized spacial score (nSPS) is 22.5. The number of amides is 2. The van der Waals surface area contributed by atoms with Crippen LogP contribution >= 0.6 is 0 Å². The van der Waals surface area contributed by atoms with E-state index in [1.54, 1.807) is 0 Å². The van der Waals surface area contributed by atoms with Gasteiger partial charge >= 0.3 is 0 Å². The second kappa shape index (κ2) is 8.87. The minimum Gasteiger partial charge on any atom is -0.376 e. The smallest absolute Gasteiger partial charge is 0.246 e. The summed E-state index contributed by atoms with van der Waals surface area (Å²) >= 11 is 0. The second-order valence-corrected chi connectivity index (χ2v) is 9.66. The third kappa shape index (κ3) is 3.88. The molecule has 0 aliphatic carbocycles.